The SMILES string of the molecule is C[C@H]([NH3+])c1ccccc1.O=C([O-])CCl. The lowest BCUT2D eigenvalue weighted by Crippen LogP contribution is -2.51. The highest BCUT2D eigenvalue weighted by molar-refractivity contribution is 6.25. The van der Waals surface area contributed by atoms with Crippen LogP contribution in [0.5, 0.6) is 0 Å². The topological polar surface area (TPSA) is 67.8 Å². The van der Waals surface area contributed by atoms with Crippen molar-refractivity contribution in [2.45, 2.75) is 13.0 Å². The number of carboxylic acid groups (broad SMARTS) is 1. The van der Waals surface area contributed by atoms with E-state index in [9.17, 15) is 0 Å². The number of alkyl halides is 1. The first-order chi connectivity index (χ1) is 6.57. The van der Waals surface area contributed by atoms with Gasteiger partial charge < -0.3 is 15.6 Å². The molecule has 0 radical (unpaired) electrons. The van der Waals surface area contributed by atoms with E-state index in [2.05, 4.69) is 36.4 Å². The number of carbonyl (C=O) groups is 1. The summed E-state index contributed by atoms with van der Waals surface area (Å²) in [7, 11) is 0. The van der Waals surface area contributed by atoms with Crippen molar-refractivity contribution in [3.8, 4) is 0 Å². The molecule has 0 unspecified atom stereocenters. The van der Waals surface area contributed by atoms with Gasteiger partial charge in [-0.25, -0.2) is 0 Å². The van der Waals surface area contributed by atoms with Gasteiger partial charge in [-0.3, -0.25) is 0 Å². The standard InChI is InChI=1S/C8H11N.C2H3ClO2/c1-7(9)8-5-3-2-4-6-8;3-1-2(4)5/h2-7H,9H2,1H3;1H2,(H,4,5)/t7-;/m0./s1. The molecule has 78 valence electrons. The molecular formula is C10H14ClNO2. The zero-order valence-electron chi connectivity index (χ0n) is 8.07. The number of aliphatic carboxylic acids is 1. The summed E-state index contributed by atoms with van der Waals surface area (Å²) in [6.45, 7) is 2.09. The average molecular weight is 216 g/mol. The summed E-state index contributed by atoms with van der Waals surface area (Å²) < 4.78 is 0. The fraction of sp³-hybridized carbons (Fsp3) is 0.300. The van der Waals surface area contributed by atoms with Gasteiger partial charge in [-0.2, -0.15) is 0 Å². The van der Waals surface area contributed by atoms with Gasteiger partial charge in [0.2, 0.25) is 0 Å². The maximum Gasteiger partial charge on any atom is 0.107 e. The number of rotatable bonds is 2. The minimum atomic E-state index is -1.23. The molecule has 0 heterocycles. The van der Waals surface area contributed by atoms with Crippen LogP contribution in [0.1, 0.15) is 18.5 Å². The number of hydrogen-bond donors (Lipinski definition) is 1. The average Bonchev–Trinajstić information content (AvgIpc) is 2.20. The van der Waals surface area contributed by atoms with E-state index >= 15 is 0 Å². The van der Waals surface area contributed by atoms with Gasteiger partial charge in [0.05, 0.1) is 11.8 Å². The van der Waals surface area contributed by atoms with Crippen LogP contribution in [0, 0.1) is 0 Å². The molecule has 0 bridgehead atoms. The molecule has 1 rings (SSSR count). The highest BCUT2D eigenvalue weighted by Crippen LogP contribution is 2.04. The molecule has 0 fully saturated rings. The lowest BCUT2D eigenvalue weighted by molar-refractivity contribution is -0.420. The molecule has 0 aliphatic carbocycles. The number of halogens is 1. The highest BCUT2D eigenvalue weighted by Gasteiger charge is 1.97. The summed E-state index contributed by atoms with van der Waals surface area (Å²) >= 11 is 4.67. The van der Waals surface area contributed by atoms with Gasteiger partial charge in [0.15, 0.2) is 0 Å². The molecule has 14 heavy (non-hydrogen) atoms. The Hall–Kier alpha value is -1.06. The quantitative estimate of drug-likeness (QED) is 0.704. The minimum absolute atomic E-state index is 0.409. The Morgan fingerprint density at radius 3 is 2.14 bits per heavy atom. The van der Waals surface area contributed by atoms with Gasteiger partial charge in [0, 0.05) is 5.56 Å². The number of carbonyl (C=O) groups excluding carboxylic acids is 1. The van der Waals surface area contributed by atoms with Gasteiger partial charge >= 0.3 is 0 Å². The maximum atomic E-state index is 9.12. The van der Waals surface area contributed by atoms with Gasteiger partial charge in [-0.1, -0.05) is 30.3 Å². The van der Waals surface area contributed by atoms with Crippen molar-refractivity contribution in [3.63, 3.8) is 0 Å². The zero-order chi connectivity index (χ0) is 11.0. The van der Waals surface area contributed by atoms with Crippen LogP contribution in [0.2, 0.25) is 0 Å². The number of hydrogen-bond acceptors (Lipinski definition) is 2. The highest BCUT2D eigenvalue weighted by atomic mass is 35.5. The first kappa shape index (κ1) is 12.9. The molecule has 3 N–H and O–H groups in total. The molecular weight excluding hydrogens is 202 g/mol. The van der Waals surface area contributed by atoms with Gasteiger partial charge in [0.25, 0.3) is 0 Å². The summed E-state index contributed by atoms with van der Waals surface area (Å²) in [6.07, 6.45) is 0. The Bertz CT molecular complexity index is 262. The van der Waals surface area contributed by atoms with E-state index in [4.69, 9.17) is 9.90 Å². The Morgan fingerprint density at radius 2 is 1.93 bits per heavy atom. The lowest BCUT2D eigenvalue weighted by Gasteiger charge is -1.98. The van der Waals surface area contributed by atoms with Gasteiger partial charge in [-0.15, -0.1) is 11.6 Å². The van der Waals surface area contributed by atoms with E-state index in [1.54, 1.807) is 0 Å². The molecule has 0 saturated carbocycles. The van der Waals surface area contributed by atoms with E-state index in [0.29, 0.717) is 6.04 Å². The summed E-state index contributed by atoms with van der Waals surface area (Å²) in [6, 6.07) is 10.7. The van der Waals surface area contributed by atoms with Crippen molar-refractivity contribution in [2.24, 2.45) is 0 Å². The van der Waals surface area contributed by atoms with Crippen LogP contribution in [0.15, 0.2) is 30.3 Å². The van der Waals surface area contributed by atoms with Gasteiger partial charge in [-0.05, 0) is 6.92 Å². The fourth-order valence-electron chi connectivity index (χ4n) is 0.782. The first-order valence-electron chi connectivity index (χ1n) is 4.21. The molecule has 1 atom stereocenters. The number of carboxylic acids is 1. The summed E-state index contributed by atoms with van der Waals surface area (Å²) in [4.78, 5) is 9.12. The van der Waals surface area contributed by atoms with E-state index in [-0.39, 0.29) is 0 Å². The van der Waals surface area contributed by atoms with Crippen molar-refractivity contribution in [3.05, 3.63) is 35.9 Å². The Kier molecular flexibility index (Phi) is 6.80. The van der Waals surface area contributed by atoms with Crippen LogP contribution in [-0.4, -0.2) is 11.8 Å². The monoisotopic (exact) mass is 215 g/mol. The molecule has 0 aliphatic heterocycles. The molecule has 3 nitrogen and oxygen atoms in total. The zero-order valence-corrected chi connectivity index (χ0v) is 8.83. The second kappa shape index (κ2) is 7.35. The molecule has 1 aromatic rings. The smallest absolute Gasteiger partial charge is 0.107 e. The van der Waals surface area contributed by atoms with Crippen LogP contribution >= 0.6 is 11.6 Å². The molecule has 0 amide bonds. The van der Waals surface area contributed by atoms with E-state index in [0.717, 1.165) is 0 Å². The van der Waals surface area contributed by atoms with Crippen LogP contribution < -0.4 is 10.8 Å². The van der Waals surface area contributed by atoms with Crippen molar-refractivity contribution in [1.29, 1.82) is 0 Å². The molecule has 0 saturated heterocycles. The van der Waals surface area contributed by atoms with Crippen LogP contribution in [0.3, 0.4) is 0 Å². The van der Waals surface area contributed by atoms with Crippen molar-refractivity contribution < 1.29 is 15.6 Å². The third kappa shape index (κ3) is 6.46. The predicted octanol–water partition coefficient (Wildman–Crippen LogP) is -0.0354. The van der Waals surface area contributed by atoms with E-state index in [1.165, 1.54) is 5.56 Å². The predicted molar refractivity (Wildman–Crippen MR) is 53.5 cm³/mol. The second-order valence-corrected chi connectivity index (χ2v) is 3.08. The Balaban J connectivity index is 0.000000292. The maximum absolute atomic E-state index is 9.12. The summed E-state index contributed by atoms with van der Waals surface area (Å²) in [5.74, 6) is -1.65. The minimum Gasteiger partial charge on any atom is -0.549 e. The first-order valence-corrected chi connectivity index (χ1v) is 4.75. The number of quaternary nitrogens is 1. The molecule has 0 spiro atoms. The second-order valence-electron chi connectivity index (χ2n) is 2.82. The summed E-state index contributed by atoms with van der Waals surface area (Å²) in [5.41, 5.74) is 5.21. The largest absolute Gasteiger partial charge is 0.549 e. The van der Waals surface area contributed by atoms with Crippen LogP contribution in [0.25, 0.3) is 0 Å². The van der Waals surface area contributed by atoms with Crippen LogP contribution in [0.4, 0.5) is 0 Å². The molecule has 4 heteroatoms. The third-order valence-electron chi connectivity index (χ3n) is 1.48. The Morgan fingerprint density at radius 1 is 1.50 bits per heavy atom. The summed E-state index contributed by atoms with van der Waals surface area (Å²) in [5, 5.41) is 9.12. The lowest BCUT2D eigenvalue weighted by atomic mass is 10.1. The Labute approximate surface area is 88.5 Å². The van der Waals surface area contributed by atoms with E-state index < -0.39 is 11.8 Å². The normalized spacial score (nSPS) is 11.1. The molecule has 1 aromatic carbocycles. The van der Waals surface area contributed by atoms with Crippen molar-refractivity contribution in [1.82, 2.24) is 0 Å². The van der Waals surface area contributed by atoms with Gasteiger partial charge in [0.1, 0.15) is 6.04 Å². The fourth-order valence-corrected chi connectivity index (χ4v) is 0.782. The number of benzene rings is 1. The molecule has 0 aliphatic rings. The van der Waals surface area contributed by atoms with E-state index in [1.807, 2.05) is 18.2 Å². The van der Waals surface area contributed by atoms with Crippen molar-refractivity contribution >= 4 is 17.6 Å². The molecule has 0 aromatic heterocycles. The van der Waals surface area contributed by atoms with Crippen LogP contribution in [-0.2, 0) is 4.79 Å². The van der Waals surface area contributed by atoms with Crippen molar-refractivity contribution in [2.75, 3.05) is 5.88 Å². The third-order valence-corrected chi connectivity index (χ3v) is 1.70.